The molecule has 1 saturated carbocycles. The summed E-state index contributed by atoms with van der Waals surface area (Å²) in [6.07, 6.45) is 6.51. The van der Waals surface area contributed by atoms with Gasteiger partial charge in [0.25, 0.3) is 0 Å². The van der Waals surface area contributed by atoms with E-state index in [0.717, 1.165) is 25.7 Å². The van der Waals surface area contributed by atoms with Crippen molar-refractivity contribution in [3.8, 4) is 0 Å². The van der Waals surface area contributed by atoms with E-state index < -0.39 is 17.5 Å². The fourth-order valence-electron chi connectivity index (χ4n) is 2.20. The lowest BCUT2D eigenvalue weighted by molar-refractivity contribution is -0.149. The molecule has 1 atom stereocenters. The average Bonchev–Trinajstić information content (AvgIpc) is 2.31. The molecule has 14 heavy (non-hydrogen) atoms. The molecule has 2 N–H and O–H groups in total. The summed E-state index contributed by atoms with van der Waals surface area (Å²) in [7, 11) is 0. The zero-order valence-electron chi connectivity index (χ0n) is 8.41. The third kappa shape index (κ3) is 2.35. The van der Waals surface area contributed by atoms with Gasteiger partial charge in [-0.3, -0.25) is 4.79 Å². The predicted octanol–water partition coefficient (Wildman–Crippen LogP) is 1.96. The topological polar surface area (TPSA) is 57.5 Å². The normalized spacial score (nSPS) is 23.5. The summed E-state index contributed by atoms with van der Waals surface area (Å²) in [5.41, 5.74) is -1.07. The van der Waals surface area contributed by atoms with Crippen molar-refractivity contribution in [3.05, 3.63) is 12.7 Å². The highest BCUT2D eigenvalue weighted by molar-refractivity contribution is 5.73. The lowest BCUT2D eigenvalue weighted by Gasteiger charge is -2.30. The van der Waals surface area contributed by atoms with Gasteiger partial charge in [0.1, 0.15) is 5.92 Å². The second kappa shape index (κ2) is 4.60. The molecule has 80 valence electrons. The summed E-state index contributed by atoms with van der Waals surface area (Å²) in [6, 6.07) is 0. The monoisotopic (exact) mass is 198 g/mol. The highest BCUT2D eigenvalue weighted by atomic mass is 16.4. The Morgan fingerprint density at radius 3 is 2.14 bits per heavy atom. The summed E-state index contributed by atoms with van der Waals surface area (Å²) in [5, 5.41) is 19.2. The Kier molecular flexibility index (Phi) is 3.69. The Hall–Kier alpha value is -0.830. The molecule has 1 aliphatic rings. The predicted molar refractivity (Wildman–Crippen MR) is 54.0 cm³/mol. The van der Waals surface area contributed by atoms with Gasteiger partial charge in [-0.15, -0.1) is 6.58 Å². The molecule has 0 aromatic rings. The minimum atomic E-state index is -1.07. The molecule has 0 saturated heterocycles. The molecule has 0 aromatic heterocycles. The molecule has 1 unspecified atom stereocenters. The first kappa shape index (κ1) is 11.2. The number of carboxylic acids is 1. The van der Waals surface area contributed by atoms with Gasteiger partial charge in [0.2, 0.25) is 0 Å². The summed E-state index contributed by atoms with van der Waals surface area (Å²) in [5.74, 6) is -1.79. The number of hydrogen-bond acceptors (Lipinski definition) is 2. The van der Waals surface area contributed by atoms with Crippen molar-refractivity contribution in [3.63, 3.8) is 0 Å². The summed E-state index contributed by atoms with van der Waals surface area (Å²) >= 11 is 0. The van der Waals surface area contributed by atoms with Crippen LogP contribution in [0.4, 0.5) is 0 Å². The largest absolute Gasteiger partial charge is 0.481 e. The standard InChI is InChI=1S/C11H18O3/c1-2-9(10(12)13)11(14)7-5-3-4-6-8-11/h2,9,14H,1,3-8H2,(H,12,13). The van der Waals surface area contributed by atoms with E-state index in [-0.39, 0.29) is 0 Å². The van der Waals surface area contributed by atoms with Crippen LogP contribution in [-0.2, 0) is 4.79 Å². The van der Waals surface area contributed by atoms with Crippen LogP contribution < -0.4 is 0 Å². The van der Waals surface area contributed by atoms with Gasteiger partial charge in [-0.1, -0.05) is 31.8 Å². The van der Waals surface area contributed by atoms with E-state index in [1.54, 1.807) is 0 Å². The van der Waals surface area contributed by atoms with Gasteiger partial charge >= 0.3 is 5.97 Å². The van der Waals surface area contributed by atoms with E-state index in [1.165, 1.54) is 6.08 Å². The molecule has 1 rings (SSSR count). The van der Waals surface area contributed by atoms with Crippen LogP contribution >= 0.6 is 0 Å². The zero-order chi connectivity index (χ0) is 10.6. The van der Waals surface area contributed by atoms with Crippen molar-refractivity contribution in [2.24, 2.45) is 5.92 Å². The zero-order valence-corrected chi connectivity index (χ0v) is 8.41. The second-order valence-corrected chi connectivity index (χ2v) is 4.07. The van der Waals surface area contributed by atoms with Gasteiger partial charge in [0, 0.05) is 0 Å². The second-order valence-electron chi connectivity index (χ2n) is 4.07. The molecule has 0 radical (unpaired) electrons. The quantitative estimate of drug-likeness (QED) is 0.538. The van der Waals surface area contributed by atoms with Gasteiger partial charge in [-0.25, -0.2) is 0 Å². The van der Waals surface area contributed by atoms with Crippen molar-refractivity contribution >= 4 is 5.97 Å². The van der Waals surface area contributed by atoms with Crippen LogP contribution in [0, 0.1) is 5.92 Å². The average molecular weight is 198 g/mol. The molecule has 1 aliphatic carbocycles. The van der Waals surface area contributed by atoms with E-state index in [1.807, 2.05) is 0 Å². The lowest BCUT2D eigenvalue weighted by atomic mass is 9.81. The molecular weight excluding hydrogens is 180 g/mol. The molecule has 3 nitrogen and oxygen atoms in total. The highest BCUT2D eigenvalue weighted by Gasteiger charge is 2.39. The van der Waals surface area contributed by atoms with Gasteiger partial charge in [-0.05, 0) is 12.8 Å². The number of carbonyl (C=O) groups is 1. The van der Waals surface area contributed by atoms with Crippen molar-refractivity contribution < 1.29 is 15.0 Å². The van der Waals surface area contributed by atoms with E-state index >= 15 is 0 Å². The van der Waals surface area contributed by atoms with Crippen molar-refractivity contribution in [2.75, 3.05) is 0 Å². The Labute approximate surface area is 84.4 Å². The van der Waals surface area contributed by atoms with Crippen LogP contribution in [0.5, 0.6) is 0 Å². The SMILES string of the molecule is C=CC(C(=O)O)C1(O)CCCCCC1. The Morgan fingerprint density at radius 2 is 1.79 bits per heavy atom. The van der Waals surface area contributed by atoms with E-state index in [9.17, 15) is 9.90 Å². The third-order valence-corrected chi connectivity index (χ3v) is 3.05. The summed E-state index contributed by atoms with van der Waals surface area (Å²) < 4.78 is 0. The van der Waals surface area contributed by atoms with E-state index in [0.29, 0.717) is 12.8 Å². The van der Waals surface area contributed by atoms with Gasteiger partial charge in [0.05, 0.1) is 5.60 Å². The molecule has 0 amide bonds. The Morgan fingerprint density at radius 1 is 1.29 bits per heavy atom. The Bertz CT molecular complexity index is 215. The van der Waals surface area contributed by atoms with Crippen LogP contribution in [0.1, 0.15) is 38.5 Å². The highest BCUT2D eigenvalue weighted by Crippen LogP contribution is 2.34. The maximum atomic E-state index is 10.9. The number of aliphatic hydroxyl groups is 1. The maximum absolute atomic E-state index is 10.9. The van der Waals surface area contributed by atoms with Crippen molar-refractivity contribution in [1.82, 2.24) is 0 Å². The number of aliphatic carboxylic acids is 1. The first-order valence-corrected chi connectivity index (χ1v) is 5.18. The molecule has 0 bridgehead atoms. The number of hydrogen-bond donors (Lipinski definition) is 2. The fourth-order valence-corrected chi connectivity index (χ4v) is 2.20. The van der Waals surface area contributed by atoms with Crippen LogP contribution in [0.2, 0.25) is 0 Å². The first-order chi connectivity index (χ1) is 6.60. The molecule has 0 heterocycles. The van der Waals surface area contributed by atoms with Gasteiger partial charge < -0.3 is 10.2 Å². The van der Waals surface area contributed by atoms with Crippen molar-refractivity contribution in [2.45, 2.75) is 44.1 Å². The number of rotatable bonds is 3. The van der Waals surface area contributed by atoms with Crippen LogP contribution in [0.15, 0.2) is 12.7 Å². The first-order valence-electron chi connectivity index (χ1n) is 5.18. The molecule has 0 aliphatic heterocycles. The Balaban J connectivity index is 2.77. The number of carboxylic acid groups (broad SMARTS) is 1. The van der Waals surface area contributed by atoms with Crippen LogP contribution in [0.25, 0.3) is 0 Å². The third-order valence-electron chi connectivity index (χ3n) is 3.05. The van der Waals surface area contributed by atoms with E-state index in [2.05, 4.69) is 6.58 Å². The summed E-state index contributed by atoms with van der Waals surface area (Å²) in [4.78, 5) is 10.9. The fraction of sp³-hybridized carbons (Fsp3) is 0.727. The van der Waals surface area contributed by atoms with Crippen LogP contribution in [0.3, 0.4) is 0 Å². The van der Waals surface area contributed by atoms with Crippen LogP contribution in [-0.4, -0.2) is 21.8 Å². The maximum Gasteiger partial charge on any atom is 0.313 e. The summed E-state index contributed by atoms with van der Waals surface area (Å²) in [6.45, 7) is 3.49. The van der Waals surface area contributed by atoms with Gasteiger partial charge in [-0.2, -0.15) is 0 Å². The van der Waals surface area contributed by atoms with Gasteiger partial charge in [0.15, 0.2) is 0 Å². The molecule has 0 aromatic carbocycles. The molecule has 3 heteroatoms. The molecule has 0 spiro atoms. The van der Waals surface area contributed by atoms with Crippen molar-refractivity contribution in [1.29, 1.82) is 0 Å². The minimum absolute atomic E-state index is 0.579. The molecular formula is C11H18O3. The van der Waals surface area contributed by atoms with E-state index in [4.69, 9.17) is 5.11 Å². The lowest BCUT2D eigenvalue weighted by Crippen LogP contribution is -2.40. The molecule has 1 fully saturated rings. The smallest absolute Gasteiger partial charge is 0.313 e. The minimum Gasteiger partial charge on any atom is -0.481 e.